The van der Waals surface area contributed by atoms with Crippen molar-refractivity contribution in [2.45, 2.75) is 19.1 Å². The van der Waals surface area contributed by atoms with Crippen molar-refractivity contribution in [1.29, 1.82) is 0 Å². The van der Waals surface area contributed by atoms with E-state index in [2.05, 4.69) is 12.2 Å². The van der Waals surface area contributed by atoms with E-state index in [1.54, 1.807) is 12.1 Å². The van der Waals surface area contributed by atoms with Crippen molar-refractivity contribution in [2.24, 2.45) is 0 Å². The third-order valence-corrected chi connectivity index (χ3v) is 2.86. The van der Waals surface area contributed by atoms with Crippen molar-refractivity contribution in [3.8, 4) is 0 Å². The van der Waals surface area contributed by atoms with Crippen molar-refractivity contribution in [2.75, 3.05) is 13.1 Å². The highest BCUT2D eigenvalue weighted by molar-refractivity contribution is 6.30. The second-order valence-electron chi connectivity index (χ2n) is 4.09. The fraction of sp³-hybridized carbons (Fsp3) is 0.455. The van der Waals surface area contributed by atoms with Crippen LogP contribution >= 0.6 is 11.6 Å². The Morgan fingerprint density at radius 2 is 2.27 bits per heavy atom. The second-order valence-corrected chi connectivity index (χ2v) is 4.50. The van der Waals surface area contributed by atoms with Crippen LogP contribution in [0.25, 0.3) is 0 Å². The molecule has 1 aliphatic rings. The molecule has 0 spiro atoms. The standard InChI is InChI=1S/C11H13ClFNO/c1-11(6-14-7-11)15-5-8-2-3-10(13)9(12)4-8/h2-4,14H,5-7H2,1H3. The topological polar surface area (TPSA) is 21.3 Å². The van der Waals surface area contributed by atoms with Gasteiger partial charge in [0.25, 0.3) is 0 Å². The first-order valence-corrected chi connectivity index (χ1v) is 5.25. The summed E-state index contributed by atoms with van der Waals surface area (Å²) in [5.74, 6) is -0.392. The minimum atomic E-state index is -0.392. The SMILES string of the molecule is CC1(OCc2ccc(F)c(Cl)c2)CNC1. The van der Waals surface area contributed by atoms with E-state index in [0.29, 0.717) is 6.61 Å². The minimum absolute atomic E-state index is 0.0825. The first-order chi connectivity index (χ1) is 7.09. The summed E-state index contributed by atoms with van der Waals surface area (Å²) in [5.41, 5.74) is 0.815. The van der Waals surface area contributed by atoms with E-state index in [9.17, 15) is 4.39 Å². The molecule has 1 aliphatic heterocycles. The van der Waals surface area contributed by atoms with E-state index in [1.807, 2.05) is 0 Å². The van der Waals surface area contributed by atoms with Gasteiger partial charge in [0, 0.05) is 13.1 Å². The summed E-state index contributed by atoms with van der Waals surface area (Å²) in [7, 11) is 0. The summed E-state index contributed by atoms with van der Waals surface area (Å²) in [6.07, 6.45) is 0. The average molecular weight is 230 g/mol. The van der Waals surface area contributed by atoms with Crippen LogP contribution in [-0.4, -0.2) is 18.7 Å². The van der Waals surface area contributed by atoms with Crippen LogP contribution in [0.15, 0.2) is 18.2 Å². The van der Waals surface area contributed by atoms with E-state index in [0.717, 1.165) is 18.7 Å². The smallest absolute Gasteiger partial charge is 0.141 e. The van der Waals surface area contributed by atoms with Crippen molar-refractivity contribution < 1.29 is 9.13 Å². The lowest BCUT2D eigenvalue weighted by Gasteiger charge is -2.39. The minimum Gasteiger partial charge on any atom is -0.368 e. The molecule has 1 aromatic rings. The summed E-state index contributed by atoms with van der Waals surface area (Å²) in [5, 5.41) is 3.29. The van der Waals surface area contributed by atoms with Gasteiger partial charge in [0.2, 0.25) is 0 Å². The molecule has 0 unspecified atom stereocenters. The van der Waals surface area contributed by atoms with Crippen molar-refractivity contribution >= 4 is 11.6 Å². The highest BCUT2D eigenvalue weighted by Gasteiger charge is 2.32. The number of benzene rings is 1. The van der Waals surface area contributed by atoms with Crippen LogP contribution in [0.5, 0.6) is 0 Å². The first kappa shape index (κ1) is 10.9. The Morgan fingerprint density at radius 3 is 2.80 bits per heavy atom. The largest absolute Gasteiger partial charge is 0.368 e. The predicted molar refractivity (Wildman–Crippen MR) is 57.5 cm³/mol. The van der Waals surface area contributed by atoms with Crippen LogP contribution < -0.4 is 5.32 Å². The summed E-state index contributed by atoms with van der Waals surface area (Å²) >= 11 is 5.67. The molecule has 0 aromatic heterocycles. The second kappa shape index (κ2) is 4.08. The molecule has 2 rings (SSSR count). The number of rotatable bonds is 3. The molecule has 1 fully saturated rings. The number of hydrogen-bond acceptors (Lipinski definition) is 2. The normalized spacial score (nSPS) is 18.6. The Bertz CT molecular complexity index is 366. The van der Waals surface area contributed by atoms with E-state index in [4.69, 9.17) is 16.3 Å². The Morgan fingerprint density at radius 1 is 1.53 bits per heavy atom. The molecule has 0 amide bonds. The lowest BCUT2D eigenvalue weighted by atomic mass is 10.00. The van der Waals surface area contributed by atoms with Crippen LogP contribution in [0.4, 0.5) is 4.39 Å². The van der Waals surface area contributed by atoms with Gasteiger partial charge < -0.3 is 10.1 Å². The highest BCUT2D eigenvalue weighted by atomic mass is 35.5. The third kappa shape index (κ3) is 2.48. The molecule has 1 saturated heterocycles. The van der Waals surface area contributed by atoms with Gasteiger partial charge in [-0.15, -0.1) is 0 Å². The van der Waals surface area contributed by atoms with Gasteiger partial charge in [-0.05, 0) is 24.6 Å². The summed E-state index contributed by atoms with van der Waals surface area (Å²) in [4.78, 5) is 0. The van der Waals surface area contributed by atoms with Gasteiger partial charge in [0.1, 0.15) is 5.82 Å². The van der Waals surface area contributed by atoms with Gasteiger partial charge in [-0.2, -0.15) is 0 Å². The van der Waals surface area contributed by atoms with Crippen LogP contribution in [0.1, 0.15) is 12.5 Å². The van der Waals surface area contributed by atoms with Gasteiger partial charge in [0.15, 0.2) is 0 Å². The molecule has 0 saturated carbocycles. The molecule has 82 valence electrons. The predicted octanol–water partition coefficient (Wildman–Crippen LogP) is 2.36. The molecule has 0 radical (unpaired) electrons. The Hall–Kier alpha value is -0.640. The fourth-order valence-corrected chi connectivity index (χ4v) is 1.67. The molecule has 2 nitrogen and oxygen atoms in total. The van der Waals surface area contributed by atoms with E-state index < -0.39 is 5.82 Å². The van der Waals surface area contributed by atoms with Crippen molar-refractivity contribution in [1.82, 2.24) is 5.32 Å². The first-order valence-electron chi connectivity index (χ1n) is 4.88. The summed E-state index contributed by atoms with van der Waals surface area (Å²) < 4.78 is 18.6. The number of nitrogens with one attached hydrogen (secondary N) is 1. The quantitative estimate of drug-likeness (QED) is 0.859. The fourth-order valence-electron chi connectivity index (χ4n) is 1.47. The summed E-state index contributed by atoms with van der Waals surface area (Å²) in [6, 6.07) is 4.66. The average Bonchev–Trinajstić information content (AvgIpc) is 2.17. The van der Waals surface area contributed by atoms with Crippen LogP contribution in [0.3, 0.4) is 0 Å². The molecule has 15 heavy (non-hydrogen) atoms. The molecule has 0 bridgehead atoms. The lowest BCUT2D eigenvalue weighted by molar-refractivity contribution is -0.0767. The Labute approximate surface area is 93.4 Å². The molecular weight excluding hydrogens is 217 g/mol. The molecule has 1 aromatic carbocycles. The zero-order valence-electron chi connectivity index (χ0n) is 8.52. The van der Waals surface area contributed by atoms with E-state index in [1.165, 1.54) is 6.07 Å². The van der Waals surface area contributed by atoms with Gasteiger partial charge >= 0.3 is 0 Å². The molecular formula is C11H13ClFNO. The molecule has 1 heterocycles. The van der Waals surface area contributed by atoms with Gasteiger partial charge in [-0.25, -0.2) is 4.39 Å². The molecule has 0 aliphatic carbocycles. The Kier molecular flexibility index (Phi) is 2.96. The molecule has 4 heteroatoms. The van der Waals surface area contributed by atoms with Gasteiger partial charge in [-0.3, -0.25) is 0 Å². The van der Waals surface area contributed by atoms with E-state index in [-0.39, 0.29) is 10.6 Å². The number of halogens is 2. The Balaban J connectivity index is 1.96. The molecule has 1 N–H and O–H groups in total. The number of ether oxygens (including phenoxy) is 1. The van der Waals surface area contributed by atoms with Crippen LogP contribution in [-0.2, 0) is 11.3 Å². The number of hydrogen-bond donors (Lipinski definition) is 1. The summed E-state index contributed by atoms with van der Waals surface area (Å²) in [6.45, 7) is 4.25. The van der Waals surface area contributed by atoms with Crippen LogP contribution in [0, 0.1) is 5.82 Å². The van der Waals surface area contributed by atoms with Crippen LogP contribution in [0.2, 0.25) is 5.02 Å². The van der Waals surface area contributed by atoms with Crippen molar-refractivity contribution in [3.63, 3.8) is 0 Å². The highest BCUT2D eigenvalue weighted by Crippen LogP contribution is 2.20. The van der Waals surface area contributed by atoms with Gasteiger partial charge in [0.05, 0.1) is 17.2 Å². The molecule has 0 atom stereocenters. The zero-order valence-corrected chi connectivity index (χ0v) is 9.27. The monoisotopic (exact) mass is 229 g/mol. The lowest BCUT2D eigenvalue weighted by Crippen LogP contribution is -2.58. The zero-order chi connectivity index (χ0) is 10.9. The third-order valence-electron chi connectivity index (χ3n) is 2.57. The maximum Gasteiger partial charge on any atom is 0.141 e. The van der Waals surface area contributed by atoms with Crippen molar-refractivity contribution in [3.05, 3.63) is 34.6 Å². The maximum atomic E-state index is 12.9. The maximum absolute atomic E-state index is 12.9. The van der Waals surface area contributed by atoms with Gasteiger partial charge in [-0.1, -0.05) is 17.7 Å². The van der Waals surface area contributed by atoms with E-state index >= 15 is 0 Å².